The van der Waals surface area contributed by atoms with Gasteiger partial charge >= 0.3 is 5.97 Å². The number of ether oxygens (including phenoxy) is 1. The van der Waals surface area contributed by atoms with Crippen molar-refractivity contribution in [3.8, 4) is 11.1 Å². The van der Waals surface area contributed by atoms with Gasteiger partial charge in [0, 0.05) is 37.4 Å². The highest BCUT2D eigenvalue weighted by Crippen LogP contribution is 2.31. The second-order valence-corrected chi connectivity index (χ2v) is 9.38. The Kier molecular flexibility index (Phi) is 8.19. The second-order valence-electron chi connectivity index (χ2n) is 9.38. The average molecular weight is 475 g/mol. The Morgan fingerprint density at radius 2 is 1.57 bits per heavy atom. The van der Waals surface area contributed by atoms with Gasteiger partial charge in [-0.3, -0.25) is 9.69 Å². The zero-order valence-corrected chi connectivity index (χ0v) is 20.8. The van der Waals surface area contributed by atoms with Gasteiger partial charge in [0.1, 0.15) is 5.82 Å². The summed E-state index contributed by atoms with van der Waals surface area (Å²) in [7, 11) is 0. The molecule has 1 fully saturated rings. The van der Waals surface area contributed by atoms with Crippen molar-refractivity contribution in [1.29, 1.82) is 0 Å². The fourth-order valence-electron chi connectivity index (χ4n) is 4.89. The van der Waals surface area contributed by atoms with E-state index in [4.69, 9.17) is 4.74 Å². The number of carbonyl (C=O) groups is 1. The van der Waals surface area contributed by atoms with E-state index in [1.807, 2.05) is 68.4 Å². The van der Waals surface area contributed by atoms with Gasteiger partial charge < -0.3 is 9.64 Å². The van der Waals surface area contributed by atoms with Crippen molar-refractivity contribution in [2.24, 2.45) is 0 Å². The number of piperazine rings is 1. The molecule has 1 unspecified atom stereocenters. The molecule has 184 valence electrons. The van der Waals surface area contributed by atoms with Crippen LogP contribution in [0.1, 0.15) is 32.3 Å². The quantitative estimate of drug-likeness (QED) is 0.361. The van der Waals surface area contributed by atoms with Gasteiger partial charge in [-0.25, -0.2) is 4.39 Å². The zero-order chi connectivity index (χ0) is 24.7. The molecule has 3 aromatic carbocycles. The summed E-state index contributed by atoms with van der Waals surface area (Å²) in [4.78, 5) is 17.7. The average Bonchev–Trinajstić information content (AvgIpc) is 2.90. The predicted octanol–water partition coefficient (Wildman–Crippen LogP) is 5.92. The molecule has 0 spiro atoms. The van der Waals surface area contributed by atoms with Crippen molar-refractivity contribution in [3.05, 3.63) is 90.2 Å². The molecule has 0 bridgehead atoms. The van der Waals surface area contributed by atoms with Crippen LogP contribution in [0.3, 0.4) is 0 Å². The van der Waals surface area contributed by atoms with Crippen LogP contribution in [0.25, 0.3) is 11.1 Å². The molecule has 0 aromatic heterocycles. The SMILES string of the molecule is CCOC(=O)C(C)(CCCN1CCN(c2ccc(-c3ccccc3F)cc2)CC1)c1ccccc1. The minimum absolute atomic E-state index is 0.144. The molecular weight excluding hydrogens is 439 g/mol. The first-order valence-electron chi connectivity index (χ1n) is 12.6. The van der Waals surface area contributed by atoms with Crippen LogP contribution in [0, 0.1) is 5.82 Å². The fraction of sp³-hybridized carbons (Fsp3) is 0.367. The van der Waals surface area contributed by atoms with Crippen molar-refractivity contribution in [2.45, 2.75) is 32.1 Å². The van der Waals surface area contributed by atoms with E-state index in [2.05, 4.69) is 21.9 Å². The highest BCUT2D eigenvalue weighted by Gasteiger charge is 2.36. The summed E-state index contributed by atoms with van der Waals surface area (Å²) in [6, 6.07) is 25.0. The van der Waals surface area contributed by atoms with Crippen molar-refractivity contribution < 1.29 is 13.9 Å². The standard InChI is InChI=1S/C30H35FN2O2/c1-3-35-29(34)30(2,25-10-5-4-6-11-25)18-9-19-32-20-22-33(23-21-32)26-16-14-24(15-17-26)27-12-7-8-13-28(27)31/h4-8,10-17H,3,9,18-23H2,1-2H3. The number of esters is 1. The maximum Gasteiger partial charge on any atom is 0.316 e. The van der Waals surface area contributed by atoms with Crippen molar-refractivity contribution >= 4 is 11.7 Å². The van der Waals surface area contributed by atoms with E-state index in [0.29, 0.717) is 12.2 Å². The monoisotopic (exact) mass is 474 g/mol. The minimum Gasteiger partial charge on any atom is -0.465 e. The van der Waals surface area contributed by atoms with E-state index in [9.17, 15) is 9.18 Å². The first kappa shape index (κ1) is 24.9. The maximum atomic E-state index is 14.1. The van der Waals surface area contributed by atoms with E-state index >= 15 is 0 Å². The molecule has 0 radical (unpaired) electrons. The molecule has 35 heavy (non-hydrogen) atoms. The second kappa shape index (κ2) is 11.5. The van der Waals surface area contributed by atoms with E-state index in [1.54, 1.807) is 6.07 Å². The number of carbonyl (C=O) groups excluding carboxylic acids is 1. The molecule has 3 aromatic rings. The number of hydrogen-bond acceptors (Lipinski definition) is 4. The fourth-order valence-corrected chi connectivity index (χ4v) is 4.89. The molecule has 0 aliphatic carbocycles. The van der Waals surface area contributed by atoms with Crippen LogP contribution in [-0.2, 0) is 14.9 Å². The third-order valence-electron chi connectivity index (χ3n) is 7.08. The predicted molar refractivity (Wildman–Crippen MR) is 140 cm³/mol. The topological polar surface area (TPSA) is 32.8 Å². The van der Waals surface area contributed by atoms with E-state index in [-0.39, 0.29) is 11.8 Å². The summed E-state index contributed by atoms with van der Waals surface area (Å²) >= 11 is 0. The number of benzene rings is 3. The molecule has 0 amide bonds. The molecule has 1 aliphatic rings. The Labute approximate surface area is 208 Å². The Morgan fingerprint density at radius 1 is 0.914 bits per heavy atom. The molecule has 4 nitrogen and oxygen atoms in total. The molecule has 5 heteroatoms. The lowest BCUT2D eigenvalue weighted by Crippen LogP contribution is -2.47. The van der Waals surface area contributed by atoms with Crippen molar-refractivity contribution in [3.63, 3.8) is 0 Å². The normalized spacial score (nSPS) is 16.0. The van der Waals surface area contributed by atoms with Crippen LogP contribution in [0.5, 0.6) is 0 Å². The summed E-state index contributed by atoms with van der Waals surface area (Å²) in [5.74, 6) is -0.338. The maximum absolute atomic E-state index is 14.1. The lowest BCUT2D eigenvalue weighted by molar-refractivity contribution is -0.149. The Balaban J connectivity index is 1.30. The number of rotatable bonds is 9. The molecule has 4 rings (SSSR count). The number of anilines is 1. The molecular formula is C30H35FN2O2. The highest BCUT2D eigenvalue weighted by molar-refractivity contribution is 5.82. The Morgan fingerprint density at radius 3 is 2.23 bits per heavy atom. The lowest BCUT2D eigenvalue weighted by Gasteiger charge is -2.37. The summed E-state index contributed by atoms with van der Waals surface area (Å²) in [6.45, 7) is 9.08. The van der Waals surface area contributed by atoms with Gasteiger partial charge in [-0.15, -0.1) is 0 Å². The summed E-state index contributed by atoms with van der Waals surface area (Å²) < 4.78 is 19.5. The molecule has 1 saturated heterocycles. The first-order chi connectivity index (χ1) is 17.0. The largest absolute Gasteiger partial charge is 0.465 e. The molecule has 0 saturated carbocycles. The Hall–Kier alpha value is -3.18. The minimum atomic E-state index is -0.626. The van der Waals surface area contributed by atoms with E-state index in [0.717, 1.165) is 56.7 Å². The highest BCUT2D eigenvalue weighted by atomic mass is 19.1. The summed E-state index contributed by atoms with van der Waals surface area (Å²) in [5.41, 5.74) is 3.09. The molecule has 0 N–H and O–H groups in total. The van der Waals surface area contributed by atoms with Crippen LogP contribution in [0.4, 0.5) is 10.1 Å². The van der Waals surface area contributed by atoms with Gasteiger partial charge in [0.25, 0.3) is 0 Å². The number of halogens is 1. The zero-order valence-electron chi connectivity index (χ0n) is 20.8. The third-order valence-corrected chi connectivity index (χ3v) is 7.08. The van der Waals surface area contributed by atoms with Crippen LogP contribution in [-0.4, -0.2) is 50.2 Å². The van der Waals surface area contributed by atoms with Gasteiger partial charge in [-0.05, 0) is 62.6 Å². The molecule has 1 aliphatic heterocycles. The first-order valence-corrected chi connectivity index (χ1v) is 12.6. The van der Waals surface area contributed by atoms with Crippen LogP contribution in [0.15, 0.2) is 78.9 Å². The molecule has 1 atom stereocenters. The van der Waals surface area contributed by atoms with Gasteiger partial charge in [-0.1, -0.05) is 60.7 Å². The smallest absolute Gasteiger partial charge is 0.316 e. The van der Waals surface area contributed by atoms with Crippen molar-refractivity contribution in [2.75, 3.05) is 44.2 Å². The van der Waals surface area contributed by atoms with Crippen LogP contribution in [0.2, 0.25) is 0 Å². The van der Waals surface area contributed by atoms with E-state index in [1.165, 1.54) is 11.8 Å². The van der Waals surface area contributed by atoms with E-state index < -0.39 is 5.41 Å². The van der Waals surface area contributed by atoms with Crippen molar-refractivity contribution in [1.82, 2.24) is 4.90 Å². The number of hydrogen-bond donors (Lipinski definition) is 0. The van der Waals surface area contributed by atoms with Gasteiger partial charge in [0.15, 0.2) is 0 Å². The lowest BCUT2D eigenvalue weighted by atomic mass is 9.78. The summed E-state index contributed by atoms with van der Waals surface area (Å²) in [5, 5.41) is 0. The Bertz CT molecular complexity index is 1090. The van der Waals surface area contributed by atoms with Crippen LogP contribution >= 0.6 is 0 Å². The summed E-state index contributed by atoms with van der Waals surface area (Å²) in [6.07, 6.45) is 1.69. The van der Waals surface area contributed by atoms with Gasteiger partial charge in [-0.2, -0.15) is 0 Å². The van der Waals surface area contributed by atoms with Gasteiger partial charge in [0.2, 0.25) is 0 Å². The van der Waals surface area contributed by atoms with Crippen LogP contribution < -0.4 is 4.90 Å². The number of nitrogens with zero attached hydrogens (tertiary/aromatic N) is 2. The molecule has 1 heterocycles. The van der Waals surface area contributed by atoms with Gasteiger partial charge in [0.05, 0.1) is 12.0 Å². The third kappa shape index (κ3) is 5.91.